The Morgan fingerprint density at radius 1 is 0.600 bits per heavy atom. The second kappa shape index (κ2) is 10.3. The first kappa shape index (κ1) is 21.9. The van der Waals surface area contributed by atoms with Crippen LogP contribution in [0, 0.1) is 20.8 Å². The van der Waals surface area contributed by atoms with E-state index in [-0.39, 0.29) is 0 Å². The molecule has 158 valence electrons. The number of hydrogen-bond acceptors (Lipinski definition) is 6. The van der Waals surface area contributed by atoms with Gasteiger partial charge >= 0.3 is 0 Å². The van der Waals surface area contributed by atoms with Gasteiger partial charge in [-0.1, -0.05) is 26.7 Å². The summed E-state index contributed by atoms with van der Waals surface area (Å²) in [6, 6.07) is 0. The zero-order valence-electron chi connectivity index (χ0n) is 18.9. The molecule has 0 amide bonds. The van der Waals surface area contributed by atoms with Crippen LogP contribution in [0.25, 0.3) is 11.4 Å². The highest BCUT2D eigenvalue weighted by atomic mass is 14.9. The minimum Gasteiger partial charge on any atom is -0.258 e. The standard InChI is InChI=1S/C24H32N6/c1-6-9-19-15-27-23(18(5)30-19)24-22(25-13-16(3)28-24)12-8-11-20-14-26-21(10-7-2)17(4)29-20/h13-15H,6-12H2,1-5H3. The number of aromatic nitrogens is 6. The Morgan fingerprint density at radius 2 is 1.27 bits per heavy atom. The molecule has 0 unspecified atom stereocenters. The largest absolute Gasteiger partial charge is 0.258 e. The molecular weight excluding hydrogens is 372 g/mol. The number of hydrogen-bond donors (Lipinski definition) is 0. The van der Waals surface area contributed by atoms with E-state index in [4.69, 9.17) is 15.0 Å². The fourth-order valence-corrected chi connectivity index (χ4v) is 3.61. The molecule has 0 aliphatic heterocycles. The quantitative estimate of drug-likeness (QED) is 0.513. The van der Waals surface area contributed by atoms with Crippen molar-refractivity contribution >= 4 is 0 Å². The van der Waals surface area contributed by atoms with Crippen molar-refractivity contribution < 1.29 is 0 Å². The molecule has 0 fully saturated rings. The third kappa shape index (κ3) is 5.43. The van der Waals surface area contributed by atoms with Crippen LogP contribution in [0.4, 0.5) is 0 Å². The van der Waals surface area contributed by atoms with Gasteiger partial charge in [0.1, 0.15) is 11.4 Å². The molecule has 0 saturated carbocycles. The molecule has 30 heavy (non-hydrogen) atoms. The fourth-order valence-electron chi connectivity index (χ4n) is 3.61. The maximum absolute atomic E-state index is 4.76. The Balaban J connectivity index is 1.75. The molecule has 0 atom stereocenters. The highest BCUT2D eigenvalue weighted by Crippen LogP contribution is 2.23. The van der Waals surface area contributed by atoms with Crippen LogP contribution >= 0.6 is 0 Å². The summed E-state index contributed by atoms with van der Waals surface area (Å²) in [5, 5.41) is 0. The van der Waals surface area contributed by atoms with Gasteiger partial charge in [-0.25, -0.2) is 4.98 Å². The van der Waals surface area contributed by atoms with Gasteiger partial charge in [0.2, 0.25) is 0 Å². The van der Waals surface area contributed by atoms with Gasteiger partial charge < -0.3 is 0 Å². The molecule has 6 nitrogen and oxygen atoms in total. The summed E-state index contributed by atoms with van der Waals surface area (Å²) in [5.41, 5.74) is 8.67. The van der Waals surface area contributed by atoms with Crippen molar-refractivity contribution in [2.45, 2.75) is 79.6 Å². The third-order valence-electron chi connectivity index (χ3n) is 5.13. The van der Waals surface area contributed by atoms with Gasteiger partial charge in [-0.3, -0.25) is 24.9 Å². The zero-order chi connectivity index (χ0) is 21.5. The lowest BCUT2D eigenvalue weighted by Crippen LogP contribution is -2.06. The first-order chi connectivity index (χ1) is 14.5. The van der Waals surface area contributed by atoms with Gasteiger partial charge in [-0.05, 0) is 52.9 Å². The highest BCUT2D eigenvalue weighted by molar-refractivity contribution is 5.59. The fraction of sp³-hybridized carbons (Fsp3) is 0.500. The molecule has 6 heteroatoms. The van der Waals surface area contributed by atoms with Gasteiger partial charge in [0.25, 0.3) is 0 Å². The van der Waals surface area contributed by atoms with Crippen LogP contribution in [0.2, 0.25) is 0 Å². The zero-order valence-corrected chi connectivity index (χ0v) is 18.9. The van der Waals surface area contributed by atoms with Gasteiger partial charge in [-0.2, -0.15) is 0 Å². The summed E-state index contributed by atoms with van der Waals surface area (Å²) in [7, 11) is 0. The Bertz CT molecular complexity index is 999. The van der Waals surface area contributed by atoms with E-state index in [2.05, 4.69) is 35.7 Å². The van der Waals surface area contributed by atoms with Crippen LogP contribution in [-0.2, 0) is 25.7 Å². The molecule has 0 saturated heterocycles. The monoisotopic (exact) mass is 404 g/mol. The van der Waals surface area contributed by atoms with Crippen molar-refractivity contribution in [2.75, 3.05) is 0 Å². The molecule has 0 aromatic carbocycles. The Labute approximate surface area is 179 Å². The van der Waals surface area contributed by atoms with Crippen molar-refractivity contribution in [2.24, 2.45) is 0 Å². The van der Waals surface area contributed by atoms with E-state index in [9.17, 15) is 0 Å². The lowest BCUT2D eigenvalue weighted by molar-refractivity contribution is 0.757. The van der Waals surface area contributed by atoms with Crippen LogP contribution < -0.4 is 0 Å². The van der Waals surface area contributed by atoms with Crippen LogP contribution in [0.1, 0.15) is 73.0 Å². The minimum absolute atomic E-state index is 0.817. The second-order valence-electron chi connectivity index (χ2n) is 7.85. The first-order valence-electron chi connectivity index (χ1n) is 11.0. The topological polar surface area (TPSA) is 77.3 Å². The Hall–Kier alpha value is -2.76. The molecule has 3 aromatic rings. The van der Waals surface area contributed by atoms with Crippen molar-refractivity contribution in [3.63, 3.8) is 0 Å². The van der Waals surface area contributed by atoms with Crippen LogP contribution in [0.5, 0.6) is 0 Å². The van der Waals surface area contributed by atoms with E-state index in [0.717, 1.165) is 96.2 Å². The summed E-state index contributed by atoms with van der Waals surface area (Å²) in [6.07, 6.45) is 12.3. The van der Waals surface area contributed by atoms with Crippen LogP contribution in [0.3, 0.4) is 0 Å². The lowest BCUT2D eigenvalue weighted by atomic mass is 10.1. The third-order valence-corrected chi connectivity index (χ3v) is 5.13. The summed E-state index contributed by atoms with van der Waals surface area (Å²) >= 11 is 0. The average Bonchev–Trinajstić information content (AvgIpc) is 2.72. The number of rotatable bonds is 9. The molecule has 3 heterocycles. The van der Waals surface area contributed by atoms with Crippen molar-refractivity contribution in [3.05, 3.63) is 58.4 Å². The minimum atomic E-state index is 0.817. The van der Waals surface area contributed by atoms with Crippen molar-refractivity contribution in [3.8, 4) is 11.4 Å². The Kier molecular flexibility index (Phi) is 7.55. The SMILES string of the molecule is CCCc1cnc(-c2nc(C)cnc2CCCc2cnc(CCC)c(C)n2)c(C)n1. The van der Waals surface area contributed by atoms with E-state index < -0.39 is 0 Å². The average molecular weight is 405 g/mol. The van der Waals surface area contributed by atoms with Gasteiger partial charge in [0, 0.05) is 18.6 Å². The smallest absolute Gasteiger partial charge is 0.112 e. The van der Waals surface area contributed by atoms with Crippen LogP contribution in [-0.4, -0.2) is 29.9 Å². The summed E-state index contributed by atoms with van der Waals surface area (Å²) in [6.45, 7) is 10.3. The molecule has 0 bridgehead atoms. The van der Waals surface area contributed by atoms with E-state index >= 15 is 0 Å². The maximum Gasteiger partial charge on any atom is 0.112 e. The molecule has 0 radical (unpaired) electrons. The molecular formula is C24H32N6. The second-order valence-corrected chi connectivity index (χ2v) is 7.85. The van der Waals surface area contributed by atoms with Gasteiger partial charge in [0.05, 0.1) is 39.9 Å². The van der Waals surface area contributed by atoms with Gasteiger partial charge in [0.15, 0.2) is 0 Å². The summed E-state index contributed by atoms with van der Waals surface area (Å²) in [4.78, 5) is 28.2. The summed E-state index contributed by atoms with van der Waals surface area (Å²) < 4.78 is 0. The highest BCUT2D eigenvalue weighted by Gasteiger charge is 2.15. The molecule has 0 spiro atoms. The van der Waals surface area contributed by atoms with Gasteiger partial charge in [-0.15, -0.1) is 0 Å². The molecule has 0 N–H and O–H groups in total. The Morgan fingerprint density at radius 3 is 1.97 bits per heavy atom. The van der Waals surface area contributed by atoms with E-state index in [1.165, 1.54) is 0 Å². The van der Waals surface area contributed by atoms with Crippen LogP contribution in [0.15, 0.2) is 18.6 Å². The first-order valence-corrected chi connectivity index (χ1v) is 11.0. The maximum atomic E-state index is 4.76. The number of nitrogens with zero attached hydrogens (tertiary/aromatic N) is 6. The predicted molar refractivity (Wildman–Crippen MR) is 119 cm³/mol. The lowest BCUT2D eigenvalue weighted by Gasteiger charge is -2.11. The molecule has 0 aliphatic carbocycles. The normalized spacial score (nSPS) is 11.1. The van der Waals surface area contributed by atoms with Crippen molar-refractivity contribution in [1.82, 2.24) is 29.9 Å². The van der Waals surface area contributed by atoms with E-state index in [1.54, 1.807) is 0 Å². The molecule has 0 aliphatic rings. The summed E-state index contributed by atoms with van der Waals surface area (Å²) in [5.74, 6) is 0. The molecule has 3 aromatic heterocycles. The molecule has 3 rings (SSSR count). The van der Waals surface area contributed by atoms with E-state index in [1.807, 2.05) is 32.4 Å². The van der Waals surface area contributed by atoms with Crippen molar-refractivity contribution in [1.29, 1.82) is 0 Å². The predicted octanol–water partition coefficient (Wildman–Crippen LogP) is 4.73. The number of aryl methyl sites for hydroxylation is 7. The van der Waals surface area contributed by atoms with E-state index in [0.29, 0.717) is 0 Å².